The maximum absolute atomic E-state index is 10.7. The third-order valence-corrected chi connectivity index (χ3v) is 3.81. The summed E-state index contributed by atoms with van der Waals surface area (Å²) in [7, 11) is 0. The number of hydrogen-bond acceptors (Lipinski definition) is 4. The van der Waals surface area contributed by atoms with Gasteiger partial charge in [0.2, 0.25) is 0 Å². The molecule has 1 aliphatic carbocycles. The van der Waals surface area contributed by atoms with E-state index in [4.69, 9.17) is 5.26 Å². The van der Waals surface area contributed by atoms with Crippen LogP contribution in [0.5, 0.6) is 0 Å². The molecule has 0 heterocycles. The molecule has 2 rings (SSSR count). The maximum atomic E-state index is 10.7. The van der Waals surface area contributed by atoms with Crippen LogP contribution in [-0.2, 0) is 0 Å². The summed E-state index contributed by atoms with van der Waals surface area (Å²) in [4.78, 5) is 10.2. The Morgan fingerprint density at radius 2 is 2.32 bits per heavy atom. The SMILES string of the molecule is CCC1CCC(Nc2ccc([N+](=O)[O-])cc2C#N)C1. The van der Waals surface area contributed by atoms with Crippen molar-refractivity contribution in [3.63, 3.8) is 0 Å². The Morgan fingerprint density at radius 1 is 1.53 bits per heavy atom. The molecule has 0 aromatic heterocycles. The van der Waals surface area contributed by atoms with Crippen molar-refractivity contribution in [1.82, 2.24) is 0 Å². The molecule has 5 heteroatoms. The largest absolute Gasteiger partial charge is 0.381 e. The van der Waals surface area contributed by atoms with Crippen molar-refractivity contribution in [2.24, 2.45) is 5.92 Å². The van der Waals surface area contributed by atoms with Crippen LogP contribution < -0.4 is 5.32 Å². The highest BCUT2D eigenvalue weighted by atomic mass is 16.6. The first-order valence-electron chi connectivity index (χ1n) is 6.59. The molecule has 0 aliphatic heterocycles. The van der Waals surface area contributed by atoms with E-state index in [1.807, 2.05) is 6.07 Å². The number of non-ortho nitro benzene ring substituents is 1. The van der Waals surface area contributed by atoms with Gasteiger partial charge in [-0.05, 0) is 31.2 Å². The number of nitro benzene ring substituents is 1. The first-order valence-corrected chi connectivity index (χ1v) is 6.59. The summed E-state index contributed by atoms with van der Waals surface area (Å²) in [6, 6.07) is 6.80. The standard InChI is InChI=1S/C14H17N3O2/c1-2-10-3-4-12(7-10)16-14-6-5-13(17(18)19)8-11(14)9-15/h5-6,8,10,12,16H,2-4,7H2,1H3. The Bertz CT molecular complexity index is 522. The van der Waals surface area contributed by atoms with E-state index >= 15 is 0 Å². The lowest BCUT2D eigenvalue weighted by atomic mass is 10.1. The molecule has 0 spiro atoms. The van der Waals surface area contributed by atoms with Crippen LogP contribution in [0.1, 0.15) is 38.2 Å². The predicted octanol–water partition coefficient (Wildman–Crippen LogP) is 3.46. The minimum atomic E-state index is -0.479. The summed E-state index contributed by atoms with van der Waals surface area (Å²) in [6.07, 6.45) is 4.60. The second-order valence-corrected chi connectivity index (χ2v) is 5.03. The molecule has 5 nitrogen and oxygen atoms in total. The zero-order valence-electron chi connectivity index (χ0n) is 10.9. The molecule has 2 atom stereocenters. The van der Waals surface area contributed by atoms with Crippen LogP contribution in [-0.4, -0.2) is 11.0 Å². The molecule has 19 heavy (non-hydrogen) atoms. The van der Waals surface area contributed by atoms with E-state index in [1.165, 1.54) is 25.0 Å². The van der Waals surface area contributed by atoms with E-state index in [-0.39, 0.29) is 5.69 Å². The van der Waals surface area contributed by atoms with E-state index in [9.17, 15) is 10.1 Å². The minimum absolute atomic E-state index is 0.0417. The zero-order valence-corrected chi connectivity index (χ0v) is 10.9. The summed E-state index contributed by atoms with van der Waals surface area (Å²) >= 11 is 0. The van der Waals surface area contributed by atoms with Gasteiger partial charge in [0.25, 0.3) is 5.69 Å². The molecule has 1 aromatic carbocycles. The molecule has 0 amide bonds. The third kappa shape index (κ3) is 3.02. The smallest absolute Gasteiger partial charge is 0.270 e. The number of nitro groups is 1. The minimum Gasteiger partial charge on any atom is -0.381 e. The van der Waals surface area contributed by atoms with Gasteiger partial charge in [0, 0.05) is 18.2 Å². The summed E-state index contributed by atoms with van der Waals surface area (Å²) < 4.78 is 0. The van der Waals surface area contributed by atoms with E-state index in [0.29, 0.717) is 17.3 Å². The van der Waals surface area contributed by atoms with Crippen molar-refractivity contribution in [1.29, 1.82) is 5.26 Å². The molecule has 1 saturated carbocycles. The van der Waals surface area contributed by atoms with E-state index in [2.05, 4.69) is 12.2 Å². The summed E-state index contributed by atoms with van der Waals surface area (Å²) in [5.41, 5.74) is 1.00. The Labute approximate surface area is 112 Å². The van der Waals surface area contributed by atoms with Gasteiger partial charge in [-0.25, -0.2) is 0 Å². The van der Waals surface area contributed by atoms with Crippen molar-refractivity contribution < 1.29 is 4.92 Å². The molecular weight excluding hydrogens is 242 g/mol. The van der Waals surface area contributed by atoms with Gasteiger partial charge in [0.15, 0.2) is 0 Å². The molecule has 2 unspecified atom stereocenters. The second kappa shape index (κ2) is 5.70. The van der Waals surface area contributed by atoms with Crippen LogP contribution in [0.3, 0.4) is 0 Å². The third-order valence-electron chi connectivity index (χ3n) is 3.81. The molecule has 0 radical (unpaired) electrons. The molecule has 100 valence electrons. The van der Waals surface area contributed by atoms with Gasteiger partial charge in [-0.15, -0.1) is 0 Å². The fraction of sp³-hybridized carbons (Fsp3) is 0.500. The average Bonchev–Trinajstić information content (AvgIpc) is 2.86. The lowest BCUT2D eigenvalue weighted by Crippen LogP contribution is -2.16. The van der Waals surface area contributed by atoms with Gasteiger partial charge in [0.05, 0.1) is 16.2 Å². The molecule has 1 N–H and O–H groups in total. The van der Waals surface area contributed by atoms with Crippen molar-refractivity contribution in [2.45, 2.75) is 38.6 Å². The lowest BCUT2D eigenvalue weighted by Gasteiger charge is -2.15. The molecule has 1 fully saturated rings. The number of nitrogens with one attached hydrogen (secondary N) is 1. The number of nitrogens with zero attached hydrogens (tertiary/aromatic N) is 2. The van der Waals surface area contributed by atoms with Crippen molar-refractivity contribution in [3.8, 4) is 6.07 Å². The topological polar surface area (TPSA) is 79.0 Å². The summed E-state index contributed by atoms with van der Waals surface area (Å²) in [6.45, 7) is 2.19. The van der Waals surface area contributed by atoms with Gasteiger partial charge >= 0.3 is 0 Å². The Hall–Kier alpha value is -2.09. The van der Waals surface area contributed by atoms with Crippen LogP contribution in [0, 0.1) is 27.4 Å². The van der Waals surface area contributed by atoms with Gasteiger partial charge in [-0.2, -0.15) is 5.26 Å². The molecule has 0 saturated heterocycles. The van der Waals surface area contributed by atoms with Crippen LogP contribution in [0.4, 0.5) is 11.4 Å². The summed E-state index contributed by atoms with van der Waals surface area (Å²) in [5, 5.41) is 23.1. The molecular formula is C14H17N3O2. The number of benzene rings is 1. The van der Waals surface area contributed by atoms with Crippen molar-refractivity contribution >= 4 is 11.4 Å². The first kappa shape index (κ1) is 13.3. The van der Waals surface area contributed by atoms with Crippen molar-refractivity contribution in [2.75, 3.05) is 5.32 Å². The highest BCUT2D eigenvalue weighted by Crippen LogP contribution is 2.31. The van der Waals surface area contributed by atoms with Crippen LogP contribution in [0.25, 0.3) is 0 Å². The van der Waals surface area contributed by atoms with E-state index < -0.39 is 4.92 Å². The second-order valence-electron chi connectivity index (χ2n) is 5.03. The highest BCUT2D eigenvalue weighted by Gasteiger charge is 2.24. The first-order chi connectivity index (χ1) is 9.13. The Kier molecular flexibility index (Phi) is 4.00. The van der Waals surface area contributed by atoms with Gasteiger partial charge in [0.1, 0.15) is 6.07 Å². The van der Waals surface area contributed by atoms with Crippen LogP contribution >= 0.6 is 0 Å². The lowest BCUT2D eigenvalue weighted by molar-refractivity contribution is -0.384. The van der Waals surface area contributed by atoms with E-state index in [1.54, 1.807) is 6.07 Å². The van der Waals surface area contributed by atoms with Crippen LogP contribution in [0.2, 0.25) is 0 Å². The number of anilines is 1. The molecule has 0 bridgehead atoms. The van der Waals surface area contributed by atoms with Gasteiger partial charge < -0.3 is 5.32 Å². The van der Waals surface area contributed by atoms with Crippen LogP contribution in [0.15, 0.2) is 18.2 Å². The fourth-order valence-corrected chi connectivity index (χ4v) is 2.66. The monoisotopic (exact) mass is 259 g/mol. The molecule has 1 aromatic rings. The number of nitriles is 1. The number of hydrogen-bond donors (Lipinski definition) is 1. The average molecular weight is 259 g/mol. The van der Waals surface area contributed by atoms with Gasteiger partial charge in [-0.3, -0.25) is 10.1 Å². The van der Waals surface area contributed by atoms with Gasteiger partial charge in [-0.1, -0.05) is 13.3 Å². The van der Waals surface area contributed by atoms with Crippen molar-refractivity contribution in [3.05, 3.63) is 33.9 Å². The molecule has 1 aliphatic rings. The number of rotatable bonds is 4. The predicted molar refractivity (Wildman–Crippen MR) is 72.9 cm³/mol. The Morgan fingerprint density at radius 3 is 2.89 bits per heavy atom. The normalized spacial score (nSPS) is 21.9. The quantitative estimate of drug-likeness (QED) is 0.663. The van der Waals surface area contributed by atoms with E-state index in [0.717, 1.165) is 18.8 Å². The highest BCUT2D eigenvalue weighted by molar-refractivity contribution is 5.61. The fourth-order valence-electron chi connectivity index (χ4n) is 2.66. The Balaban J connectivity index is 2.13. The maximum Gasteiger partial charge on any atom is 0.270 e. The zero-order chi connectivity index (χ0) is 13.8. The summed E-state index contributed by atoms with van der Waals surface area (Å²) in [5.74, 6) is 0.751.